The van der Waals surface area contributed by atoms with Crippen molar-refractivity contribution in [1.82, 2.24) is 0 Å². The van der Waals surface area contributed by atoms with Crippen LogP contribution < -0.4 is 0 Å². The van der Waals surface area contributed by atoms with E-state index in [0.717, 1.165) is 6.42 Å². The van der Waals surface area contributed by atoms with E-state index in [9.17, 15) is 22.3 Å². The number of hydrogen-bond acceptors (Lipinski definition) is 3. The average Bonchev–Trinajstić information content (AvgIpc) is 2.41. The SMILES string of the molecule is O=S1(=O)C2CCCC1CC(O)(c1ccccc1C(F)F)C2. The van der Waals surface area contributed by atoms with Gasteiger partial charge in [-0.05, 0) is 31.2 Å². The Balaban J connectivity index is 2.04. The van der Waals surface area contributed by atoms with Crippen LogP contribution in [0.1, 0.15) is 49.7 Å². The van der Waals surface area contributed by atoms with Crippen molar-refractivity contribution in [2.24, 2.45) is 0 Å². The lowest BCUT2D eigenvalue weighted by Gasteiger charge is -2.44. The number of sulfone groups is 1. The number of fused-ring (bicyclic) bond motifs is 2. The highest BCUT2D eigenvalue weighted by Gasteiger charge is 2.51. The molecule has 1 aromatic carbocycles. The van der Waals surface area contributed by atoms with Crippen LogP contribution in [0.2, 0.25) is 0 Å². The van der Waals surface area contributed by atoms with Crippen molar-refractivity contribution in [3.63, 3.8) is 0 Å². The molecule has 1 N–H and O–H groups in total. The van der Waals surface area contributed by atoms with E-state index in [1.807, 2.05) is 0 Å². The highest BCUT2D eigenvalue weighted by Crippen LogP contribution is 2.47. The molecule has 1 aromatic rings. The topological polar surface area (TPSA) is 54.4 Å². The summed E-state index contributed by atoms with van der Waals surface area (Å²) in [6, 6.07) is 5.92. The lowest BCUT2D eigenvalue weighted by molar-refractivity contribution is 0.00103. The molecule has 3 nitrogen and oxygen atoms in total. The summed E-state index contributed by atoms with van der Waals surface area (Å²) >= 11 is 0. The number of benzene rings is 1. The molecular weight excluding hydrogens is 298 g/mol. The molecule has 0 amide bonds. The minimum absolute atomic E-state index is 0.0234. The van der Waals surface area contributed by atoms with Gasteiger partial charge in [-0.15, -0.1) is 0 Å². The Morgan fingerprint density at radius 2 is 1.71 bits per heavy atom. The first-order chi connectivity index (χ1) is 9.84. The van der Waals surface area contributed by atoms with Crippen molar-refractivity contribution >= 4 is 9.84 Å². The summed E-state index contributed by atoms with van der Waals surface area (Å²) in [4.78, 5) is 0. The highest BCUT2D eigenvalue weighted by molar-refractivity contribution is 7.92. The normalized spacial score (nSPS) is 34.9. The molecule has 0 aliphatic carbocycles. The highest BCUT2D eigenvalue weighted by atomic mass is 32.2. The van der Waals surface area contributed by atoms with Crippen molar-refractivity contribution in [1.29, 1.82) is 0 Å². The zero-order valence-electron chi connectivity index (χ0n) is 11.5. The first-order valence-corrected chi connectivity index (χ1v) is 8.78. The zero-order valence-corrected chi connectivity index (χ0v) is 12.3. The van der Waals surface area contributed by atoms with Crippen molar-refractivity contribution in [3.8, 4) is 0 Å². The van der Waals surface area contributed by atoms with Gasteiger partial charge in [0.1, 0.15) is 0 Å². The van der Waals surface area contributed by atoms with Gasteiger partial charge in [0.2, 0.25) is 0 Å². The van der Waals surface area contributed by atoms with Gasteiger partial charge in [-0.1, -0.05) is 30.7 Å². The molecule has 3 rings (SSSR count). The third-order valence-corrected chi connectivity index (χ3v) is 7.47. The molecule has 21 heavy (non-hydrogen) atoms. The molecule has 2 atom stereocenters. The van der Waals surface area contributed by atoms with Gasteiger partial charge in [-0.2, -0.15) is 0 Å². The summed E-state index contributed by atoms with van der Waals surface area (Å²) < 4.78 is 50.9. The number of rotatable bonds is 2. The number of alkyl halides is 2. The van der Waals surface area contributed by atoms with E-state index in [4.69, 9.17) is 0 Å². The van der Waals surface area contributed by atoms with Gasteiger partial charge in [-0.3, -0.25) is 0 Å². The van der Waals surface area contributed by atoms with E-state index >= 15 is 0 Å². The van der Waals surface area contributed by atoms with Gasteiger partial charge < -0.3 is 5.11 Å². The second-order valence-electron chi connectivity index (χ2n) is 6.09. The van der Waals surface area contributed by atoms with Gasteiger partial charge in [-0.25, -0.2) is 17.2 Å². The van der Waals surface area contributed by atoms with E-state index in [-0.39, 0.29) is 24.0 Å². The summed E-state index contributed by atoms with van der Waals surface area (Å²) in [6.07, 6.45) is -0.786. The van der Waals surface area contributed by atoms with Crippen LogP contribution in [0.5, 0.6) is 0 Å². The molecule has 2 aliphatic rings. The maximum absolute atomic E-state index is 13.2. The summed E-state index contributed by atoms with van der Waals surface area (Å²) in [5, 5.41) is 9.69. The van der Waals surface area contributed by atoms with Crippen molar-refractivity contribution < 1.29 is 22.3 Å². The quantitative estimate of drug-likeness (QED) is 0.912. The van der Waals surface area contributed by atoms with E-state index in [1.54, 1.807) is 6.07 Å². The van der Waals surface area contributed by atoms with Crippen LogP contribution in [-0.4, -0.2) is 24.0 Å². The number of aliphatic hydroxyl groups is 1. The summed E-state index contributed by atoms with van der Waals surface area (Å²) in [7, 11) is -3.23. The summed E-state index contributed by atoms with van der Waals surface area (Å²) in [5.74, 6) is 0. The van der Waals surface area contributed by atoms with Crippen LogP contribution in [-0.2, 0) is 15.4 Å². The third-order valence-electron chi connectivity index (χ3n) is 4.81. The monoisotopic (exact) mass is 316 g/mol. The zero-order chi connectivity index (χ0) is 15.3. The minimum atomic E-state index is -3.23. The van der Waals surface area contributed by atoms with Crippen LogP contribution in [0.3, 0.4) is 0 Å². The predicted octanol–water partition coefficient (Wildman–Crippen LogP) is 2.94. The lowest BCUT2D eigenvalue weighted by atomic mass is 9.79. The molecule has 116 valence electrons. The Morgan fingerprint density at radius 3 is 2.29 bits per heavy atom. The predicted molar refractivity (Wildman–Crippen MR) is 74.9 cm³/mol. The van der Waals surface area contributed by atoms with E-state index < -0.39 is 32.4 Å². The molecule has 0 radical (unpaired) electrons. The molecule has 2 unspecified atom stereocenters. The van der Waals surface area contributed by atoms with Gasteiger partial charge in [0.15, 0.2) is 9.84 Å². The summed E-state index contributed by atoms with van der Waals surface area (Å²) in [6.45, 7) is 0. The first kappa shape index (κ1) is 14.9. The van der Waals surface area contributed by atoms with Gasteiger partial charge >= 0.3 is 0 Å². The molecule has 0 aromatic heterocycles. The molecule has 2 saturated heterocycles. The van der Waals surface area contributed by atoms with Crippen LogP contribution in [0.25, 0.3) is 0 Å². The van der Waals surface area contributed by atoms with Crippen molar-refractivity contribution in [2.45, 2.75) is 54.6 Å². The van der Waals surface area contributed by atoms with Crippen LogP contribution >= 0.6 is 0 Å². The maximum Gasteiger partial charge on any atom is 0.264 e. The molecule has 2 fully saturated rings. The Bertz CT molecular complexity index is 622. The fourth-order valence-corrected chi connectivity index (χ4v) is 6.33. The van der Waals surface area contributed by atoms with Crippen LogP contribution in [0, 0.1) is 0 Å². The van der Waals surface area contributed by atoms with Gasteiger partial charge in [0, 0.05) is 5.56 Å². The standard InChI is InChI=1S/C15H18F2O3S/c16-14(17)12-6-1-2-7-13(12)15(18)8-10-4-3-5-11(9-15)21(10,19)20/h1-2,6-7,10-11,14,18H,3-5,8-9H2. The first-order valence-electron chi connectivity index (χ1n) is 7.17. The average molecular weight is 316 g/mol. The smallest absolute Gasteiger partial charge is 0.264 e. The van der Waals surface area contributed by atoms with Gasteiger partial charge in [0.25, 0.3) is 6.43 Å². The van der Waals surface area contributed by atoms with Crippen LogP contribution in [0.4, 0.5) is 8.78 Å². The second-order valence-corrected chi connectivity index (χ2v) is 8.60. The fourth-order valence-electron chi connectivity index (χ4n) is 3.78. The second kappa shape index (κ2) is 5.02. The Morgan fingerprint density at radius 1 is 1.14 bits per heavy atom. The Hall–Kier alpha value is -1.01. The number of halogens is 2. The summed E-state index contributed by atoms with van der Waals surface area (Å²) in [5.41, 5.74) is -1.47. The largest absolute Gasteiger partial charge is 0.385 e. The van der Waals surface area contributed by atoms with Crippen LogP contribution in [0.15, 0.2) is 24.3 Å². The third kappa shape index (κ3) is 2.38. The van der Waals surface area contributed by atoms with Crippen molar-refractivity contribution in [3.05, 3.63) is 35.4 Å². The lowest BCUT2D eigenvalue weighted by Crippen LogP contribution is -2.50. The van der Waals surface area contributed by atoms with Gasteiger partial charge in [0.05, 0.1) is 16.1 Å². The van der Waals surface area contributed by atoms with E-state index in [2.05, 4.69) is 0 Å². The molecule has 6 heteroatoms. The molecule has 0 spiro atoms. The fraction of sp³-hybridized carbons (Fsp3) is 0.600. The minimum Gasteiger partial charge on any atom is -0.385 e. The Labute approximate surface area is 122 Å². The maximum atomic E-state index is 13.2. The molecule has 2 heterocycles. The van der Waals surface area contributed by atoms with E-state index in [1.165, 1.54) is 18.2 Å². The molecule has 2 bridgehead atoms. The van der Waals surface area contributed by atoms with E-state index in [0.29, 0.717) is 12.8 Å². The Kier molecular flexibility index (Phi) is 3.56. The number of hydrogen-bond donors (Lipinski definition) is 1. The molecule has 2 aliphatic heterocycles. The molecule has 0 saturated carbocycles. The van der Waals surface area contributed by atoms with Crippen molar-refractivity contribution in [2.75, 3.05) is 0 Å². The molecular formula is C15H18F2O3S.